The summed E-state index contributed by atoms with van der Waals surface area (Å²) in [5.41, 5.74) is 4.49. The second kappa shape index (κ2) is 5.05. The van der Waals surface area contributed by atoms with Gasteiger partial charge in [-0.05, 0) is 29.5 Å². The summed E-state index contributed by atoms with van der Waals surface area (Å²) in [5, 5.41) is 0. The van der Waals surface area contributed by atoms with Crippen LogP contribution in [-0.4, -0.2) is 0 Å². The molecule has 0 nitrogen and oxygen atoms in total. The van der Waals surface area contributed by atoms with E-state index < -0.39 is 0 Å². The Labute approximate surface area is 115 Å². The predicted octanol–water partition coefficient (Wildman–Crippen LogP) is 5.19. The normalized spacial score (nSPS) is 21.1. The Hall–Kier alpha value is -1.82. The molecule has 2 aromatic carbocycles. The second-order valence-electron chi connectivity index (χ2n) is 5.39. The molecule has 0 saturated carbocycles. The maximum absolute atomic E-state index is 2.34. The third-order valence-corrected chi connectivity index (χ3v) is 4.24. The Bertz CT molecular complexity index is 580. The first-order chi connectivity index (χ1) is 9.37. The average molecular weight is 248 g/mol. The van der Waals surface area contributed by atoms with Gasteiger partial charge in [-0.2, -0.15) is 0 Å². The third-order valence-electron chi connectivity index (χ3n) is 4.24. The minimum atomic E-state index is 0.168. The zero-order chi connectivity index (χ0) is 13.1. The van der Waals surface area contributed by atoms with Gasteiger partial charge in [0.05, 0.1) is 0 Å². The number of rotatable bonds is 3. The van der Waals surface area contributed by atoms with Crippen LogP contribution in [0.2, 0.25) is 0 Å². The van der Waals surface area contributed by atoms with Crippen molar-refractivity contribution < 1.29 is 0 Å². The van der Waals surface area contributed by atoms with Crippen LogP contribution in [0.1, 0.15) is 42.9 Å². The van der Waals surface area contributed by atoms with E-state index in [1.807, 2.05) is 0 Å². The number of benzene rings is 2. The van der Waals surface area contributed by atoms with Crippen LogP contribution < -0.4 is 0 Å². The van der Waals surface area contributed by atoms with E-state index in [1.165, 1.54) is 29.5 Å². The van der Waals surface area contributed by atoms with E-state index in [9.17, 15) is 0 Å². The number of hydrogen-bond acceptors (Lipinski definition) is 0. The molecule has 0 saturated heterocycles. The molecule has 0 heterocycles. The summed E-state index contributed by atoms with van der Waals surface area (Å²) in [4.78, 5) is 0. The van der Waals surface area contributed by atoms with E-state index in [-0.39, 0.29) is 5.41 Å². The van der Waals surface area contributed by atoms with Crippen molar-refractivity contribution >= 4 is 6.08 Å². The van der Waals surface area contributed by atoms with Crippen LogP contribution in [0.5, 0.6) is 0 Å². The molecule has 1 atom stereocenters. The quantitative estimate of drug-likeness (QED) is 0.701. The third kappa shape index (κ3) is 2.02. The Morgan fingerprint density at radius 3 is 2.47 bits per heavy atom. The zero-order valence-corrected chi connectivity index (χ0v) is 11.5. The molecule has 19 heavy (non-hydrogen) atoms. The Kier molecular flexibility index (Phi) is 3.25. The van der Waals surface area contributed by atoms with E-state index in [4.69, 9.17) is 0 Å². The van der Waals surface area contributed by atoms with Gasteiger partial charge in [-0.1, -0.05) is 80.1 Å². The maximum atomic E-state index is 2.34. The molecule has 1 aliphatic rings. The molecule has 1 unspecified atom stereocenters. The van der Waals surface area contributed by atoms with Crippen molar-refractivity contribution in [3.05, 3.63) is 77.4 Å². The monoisotopic (exact) mass is 248 g/mol. The van der Waals surface area contributed by atoms with E-state index in [0.29, 0.717) is 0 Å². The highest BCUT2D eigenvalue weighted by atomic mass is 14.4. The molecule has 1 aliphatic carbocycles. The van der Waals surface area contributed by atoms with Gasteiger partial charge in [-0.3, -0.25) is 0 Å². The molecule has 0 fully saturated rings. The topological polar surface area (TPSA) is 0 Å². The molecule has 3 rings (SSSR count). The lowest BCUT2D eigenvalue weighted by Crippen LogP contribution is -2.29. The molecule has 0 bridgehead atoms. The van der Waals surface area contributed by atoms with Crippen molar-refractivity contribution in [3.8, 4) is 0 Å². The van der Waals surface area contributed by atoms with Crippen molar-refractivity contribution in [2.45, 2.75) is 31.6 Å². The fraction of sp³-hybridized carbons (Fsp3) is 0.263. The molecule has 2 aromatic rings. The highest BCUT2D eigenvalue weighted by molar-refractivity contribution is 5.62. The summed E-state index contributed by atoms with van der Waals surface area (Å²) < 4.78 is 0. The largest absolute Gasteiger partial charge is 0.0827 e. The van der Waals surface area contributed by atoms with Gasteiger partial charge in [0, 0.05) is 5.41 Å². The first kappa shape index (κ1) is 12.2. The number of fused-ring (bicyclic) bond motifs is 1. The van der Waals surface area contributed by atoms with Crippen LogP contribution in [0.25, 0.3) is 6.08 Å². The van der Waals surface area contributed by atoms with Gasteiger partial charge >= 0.3 is 0 Å². The highest BCUT2D eigenvalue weighted by Crippen LogP contribution is 2.44. The molecule has 0 aliphatic heterocycles. The summed E-state index contributed by atoms with van der Waals surface area (Å²) in [6.45, 7) is 2.28. The van der Waals surface area contributed by atoms with Crippen molar-refractivity contribution in [3.63, 3.8) is 0 Å². The highest BCUT2D eigenvalue weighted by Gasteiger charge is 2.35. The van der Waals surface area contributed by atoms with E-state index in [2.05, 4.69) is 73.7 Å². The minimum absolute atomic E-state index is 0.168. The average Bonchev–Trinajstić information content (AvgIpc) is 2.49. The van der Waals surface area contributed by atoms with Crippen molar-refractivity contribution in [2.24, 2.45) is 0 Å². The summed E-state index contributed by atoms with van der Waals surface area (Å²) in [6, 6.07) is 19.8. The van der Waals surface area contributed by atoms with E-state index in [1.54, 1.807) is 0 Å². The number of hydrogen-bond donors (Lipinski definition) is 0. The smallest absolute Gasteiger partial charge is 0.0243 e. The molecule has 0 aromatic heterocycles. The standard InChI is InChI=1S/C19H20/c1-2-14-19(17-11-4-3-5-12-17)15-8-10-16-9-6-7-13-18(16)19/h3-13H,2,14-15H2,1H3. The molecular weight excluding hydrogens is 228 g/mol. The minimum Gasteiger partial charge on any atom is -0.0827 e. The predicted molar refractivity (Wildman–Crippen MR) is 82.2 cm³/mol. The van der Waals surface area contributed by atoms with Crippen LogP contribution in [0.4, 0.5) is 0 Å². The van der Waals surface area contributed by atoms with Gasteiger partial charge in [-0.25, -0.2) is 0 Å². The molecule has 0 spiro atoms. The Morgan fingerprint density at radius 1 is 0.947 bits per heavy atom. The molecule has 96 valence electrons. The fourth-order valence-corrected chi connectivity index (χ4v) is 3.41. The molecule has 0 N–H and O–H groups in total. The SMILES string of the molecule is CCCC1(c2ccccc2)CC=Cc2ccccc21. The molecule has 0 amide bonds. The Morgan fingerprint density at radius 2 is 1.68 bits per heavy atom. The second-order valence-corrected chi connectivity index (χ2v) is 5.39. The van der Waals surface area contributed by atoms with Gasteiger partial charge < -0.3 is 0 Å². The maximum Gasteiger partial charge on any atom is 0.0243 e. The van der Waals surface area contributed by atoms with Gasteiger partial charge in [-0.15, -0.1) is 0 Å². The van der Waals surface area contributed by atoms with E-state index >= 15 is 0 Å². The number of allylic oxidation sites excluding steroid dienone is 1. The van der Waals surface area contributed by atoms with Crippen LogP contribution in [0.15, 0.2) is 60.7 Å². The molecular formula is C19H20. The first-order valence-electron chi connectivity index (χ1n) is 7.18. The molecule has 0 heteroatoms. The summed E-state index contributed by atoms with van der Waals surface area (Å²) >= 11 is 0. The Balaban J connectivity index is 2.20. The zero-order valence-electron chi connectivity index (χ0n) is 11.5. The van der Waals surface area contributed by atoms with Crippen LogP contribution in [0.3, 0.4) is 0 Å². The van der Waals surface area contributed by atoms with Gasteiger partial charge in [0.1, 0.15) is 0 Å². The van der Waals surface area contributed by atoms with Crippen molar-refractivity contribution in [1.82, 2.24) is 0 Å². The lowest BCUT2D eigenvalue weighted by molar-refractivity contribution is 0.467. The van der Waals surface area contributed by atoms with Crippen LogP contribution in [0, 0.1) is 0 Å². The lowest BCUT2D eigenvalue weighted by Gasteiger charge is -2.37. The van der Waals surface area contributed by atoms with Gasteiger partial charge in [0.25, 0.3) is 0 Å². The fourth-order valence-electron chi connectivity index (χ4n) is 3.41. The van der Waals surface area contributed by atoms with Crippen LogP contribution in [-0.2, 0) is 5.41 Å². The van der Waals surface area contributed by atoms with Crippen molar-refractivity contribution in [2.75, 3.05) is 0 Å². The van der Waals surface area contributed by atoms with Crippen LogP contribution >= 0.6 is 0 Å². The molecule has 0 radical (unpaired) electrons. The van der Waals surface area contributed by atoms with Gasteiger partial charge in [0.15, 0.2) is 0 Å². The first-order valence-corrected chi connectivity index (χ1v) is 7.18. The van der Waals surface area contributed by atoms with E-state index in [0.717, 1.165) is 6.42 Å². The van der Waals surface area contributed by atoms with Gasteiger partial charge in [0.2, 0.25) is 0 Å². The lowest BCUT2D eigenvalue weighted by atomic mass is 9.66. The summed E-state index contributed by atoms with van der Waals surface area (Å²) in [6.07, 6.45) is 8.13. The van der Waals surface area contributed by atoms with Crippen molar-refractivity contribution in [1.29, 1.82) is 0 Å². The summed E-state index contributed by atoms with van der Waals surface area (Å²) in [5.74, 6) is 0. The summed E-state index contributed by atoms with van der Waals surface area (Å²) in [7, 11) is 0.